The zero-order valence-electron chi connectivity index (χ0n) is 13.1. The largest absolute Gasteiger partial charge is 0.481 e. The van der Waals surface area contributed by atoms with Gasteiger partial charge in [-0.2, -0.15) is 4.98 Å². The van der Waals surface area contributed by atoms with Crippen molar-refractivity contribution in [1.29, 1.82) is 0 Å². The van der Waals surface area contributed by atoms with Gasteiger partial charge in [-0.25, -0.2) is 4.98 Å². The van der Waals surface area contributed by atoms with Gasteiger partial charge < -0.3 is 14.4 Å². The number of aryl methyl sites for hydroxylation is 1. The van der Waals surface area contributed by atoms with Crippen LogP contribution in [0.2, 0.25) is 0 Å². The van der Waals surface area contributed by atoms with Crippen molar-refractivity contribution in [3.8, 4) is 5.88 Å². The van der Waals surface area contributed by atoms with E-state index >= 15 is 0 Å². The summed E-state index contributed by atoms with van der Waals surface area (Å²) in [6.45, 7) is 8.99. The highest BCUT2D eigenvalue weighted by Gasteiger charge is 2.36. The van der Waals surface area contributed by atoms with Crippen LogP contribution >= 0.6 is 0 Å². The van der Waals surface area contributed by atoms with Crippen LogP contribution in [0.1, 0.15) is 19.0 Å². The fraction of sp³-hybridized carbons (Fsp3) is 0.733. The minimum absolute atomic E-state index is 0.412. The Morgan fingerprint density at radius 3 is 2.71 bits per heavy atom. The number of nitrogens with zero attached hydrogens (tertiary/aromatic N) is 4. The molecule has 0 saturated carbocycles. The molecule has 6 nitrogen and oxygen atoms in total. The summed E-state index contributed by atoms with van der Waals surface area (Å²) in [7, 11) is 1.65. The van der Waals surface area contributed by atoms with Crippen molar-refractivity contribution in [3.05, 3.63) is 11.8 Å². The molecule has 6 heteroatoms. The van der Waals surface area contributed by atoms with Gasteiger partial charge in [-0.1, -0.05) is 0 Å². The molecule has 3 rings (SSSR count). The summed E-state index contributed by atoms with van der Waals surface area (Å²) in [5.74, 6) is 1.43. The van der Waals surface area contributed by atoms with Gasteiger partial charge in [-0.15, -0.1) is 0 Å². The number of methoxy groups -OCH3 is 1. The second kappa shape index (κ2) is 6.15. The molecule has 0 N–H and O–H groups in total. The van der Waals surface area contributed by atoms with Gasteiger partial charge in [0.05, 0.1) is 20.3 Å². The van der Waals surface area contributed by atoms with Gasteiger partial charge in [0.25, 0.3) is 0 Å². The second-order valence-electron chi connectivity index (χ2n) is 5.79. The predicted octanol–water partition coefficient (Wildman–Crippen LogP) is 1.09. The zero-order valence-corrected chi connectivity index (χ0v) is 13.1. The quantitative estimate of drug-likeness (QED) is 0.831. The van der Waals surface area contributed by atoms with Crippen LogP contribution in [0.15, 0.2) is 6.07 Å². The summed E-state index contributed by atoms with van der Waals surface area (Å²) in [5.41, 5.74) is 0.943. The van der Waals surface area contributed by atoms with Crippen LogP contribution in [0.5, 0.6) is 5.88 Å². The minimum atomic E-state index is 0.412. The first-order valence-corrected chi connectivity index (χ1v) is 7.67. The third-order valence-electron chi connectivity index (χ3n) is 4.51. The molecule has 2 atom stereocenters. The Hall–Kier alpha value is -1.40. The minimum Gasteiger partial charge on any atom is -0.481 e. The first-order valence-electron chi connectivity index (χ1n) is 7.67. The smallest absolute Gasteiger partial charge is 0.229 e. The second-order valence-corrected chi connectivity index (χ2v) is 5.79. The maximum absolute atomic E-state index is 5.46. The lowest BCUT2D eigenvalue weighted by atomic mass is 10.1. The van der Waals surface area contributed by atoms with Crippen molar-refractivity contribution in [2.45, 2.75) is 32.4 Å². The molecule has 0 aliphatic carbocycles. The standard InChI is InChI=1S/C15H24N4O2/c1-11-10-14(20-3)17-15(16-11)19-5-4-13(12(19)2)18-6-8-21-9-7-18/h10,12-13H,4-9H2,1-3H3/t12-,13-/m1/s1. The number of ether oxygens (including phenoxy) is 2. The molecule has 2 fully saturated rings. The van der Waals surface area contributed by atoms with Gasteiger partial charge in [-0.3, -0.25) is 4.90 Å². The number of anilines is 1. The molecule has 21 heavy (non-hydrogen) atoms. The van der Waals surface area contributed by atoms with E-state index in [4.69, 9.17) is 9.47 Å². The Kier molecular flexibility index (Phi) is 4.26. The average Bonchev–Trinajstić information content (AvgIpc) is 2.89. The molecule has 2 saturated heterocycles. The molecule has 2 aliphatic rings. The molecular formula is C15H24N4O2. The molecule has 3 heterocycles. The van der Waals surface area contributed by atoms with Gasteiger partial charge >= 0.3 is 0 Å². The van der Waals surface area contributed by atoms with Crippen molar-refractivity contribution in [3.63, 3.8) is 0 Å². The van der Waals surface area contributed by atoms with E-state index in [-0.39, 0.29) is 0 Å². The molecule has 0 amide bonds. The van der Waals surface area contributed by atoms with Crippen LogP contribution in [-0.2, 0) is 4.74 Å². The van der Waals surface area contributed by atoms with Gasteiger partial charge in [0, 0.05) is 43.5 Å². The number of aromatic nitrogens is 2. The fourth-order valence-corrected chi connectivity index (χ4v) is 3.36. The third kappa shape index (κ3) is 2.96. The van der Waals surface area contributed by atoms with Gasteiger partial charge in [0.15, 0.2) is 0 Å². The lowest BCUT2D eigenvalue weighted by Gasteiger charge is -2.35. The number of hydrogen-bond donors (Lipinski definition) is 0. The summed E-state index contributed by atoms with van der Waals surface area (Å²) in [4.78, 5) is 13.9. The maximum atomic E-state index is 5.46. The van der Waals surface area contributed by atoms with E-state index in [0.717, 1.165) is 50.9 Å². The molecule has 0 spiro atoms. The Morgan fingerprint density at radius 2 is 2.00 bits per heavy atom. The van der Waals surface area contributed by atoms with E-state index in [1.165, 1.54) is 0 Å². The molecule has 2 aliphatic heterocycles. The van der Waals surface area contributed by atoms with Gasteiger partial charge in [-0.05, 0) is 20.3 Å². The number of rotatable bonds is 3. The Balaban J connectivity index is 1.76. The predicted molar refractivity (Wildman–Crippen MR) is 80.9 cm³/mol. The molecule has 0 bridgehead atoms. The molecule has 1 aromatic rings. The molecule has 0 aromatic carbocycles. The van der Waals surface area contributed by atoms with Crippen LogP contribution in [-0.4, -0.2) is 66.9 Å². The summed E-state index contributed by atoms with van der Waals surface area (Å²) in [6.07, 6.45) is 1.15. The highest BCUT2D eigenvalue weighted by molar-refractivity contribution is 5.38. The highest BCUT2D eigenvalue weighted by atomic mass is 16.5. The first-order chi connectivity index (χ1) is 10.2. The van der Waals surface area contributed by atoms with Gasteiger partial charge in [0.2, 0.25) is 11.8 Å². The molecule has 0 radical (unpaired) electrons. The van der Waals surface area contributed by atoms with Crippen LogP contribution in [0, 0.1) is 6.92 Å². The summed E-state index contributed by atoms with van der Waals surface area (Å²) in [5, 5.41) is 0. The summed E-state index contributed by atoms with van der Waals surface area (Å²) in [6, 6.07) is 2.84. The van der Waals surface area contributed by atoms with E-state index in [1.807, 2.05) is 13.0 Å². The van der Waals surface area contributed by atoms with Crippen LogP contribution in [0.25, 0.3) is 0 Å². The van der Waals surface area contributed by atoms with Gasteiger partial charge in [0.1, 0.15) is 0 Å². The fourth-order valence-electron chi connectivity index (χ4n) is 3.36. The van der Waals surface area contributed by atoms with Crippen LogP contribution in [0.4, 0.5) is 5.95 Å². The van der Waals surface area contributed by atoms with E-state index in [0.29, 0.717) is 18.0 Å². The van der Waals surface area contributed by atoms with Crippen molar-refractivity contribution in [2.24, 2.45) is 0 Å². The molecular weight excluding hydrogens is 268 g/mol. The SMILES string of the molecule is COc1cc(C)nc(N2CC[C@@H](N3CCOCC3)[C@H]2C)n1. The summed E-state index contributed by atoms with van der Waals surface area (Å²) < 4.78 is 10.7. The van der Waals surface area contributed by atoms with Crippen molar-refractivity contribution >= 4 is 5.95 Å². The normalized spacial score (nSPS) is 27.1. The van der Waals surface area contributed by atoms with Crippen molar-refractivity contribution < 1.29 is 9.47 Å². The topological polar surface area (TPSA) is 50.7 Å². The summed E-state index contributed by atoms with van der Waals surface area (Å²) >= 11 is 0. The molecule has 116 valence electrons. The lowest BCUT2D eigenvalue weighted by molar-refractivity contribution is 0.0159. The van der Waals surface area contributed by atoms with E-state index in [9.17, 15) is 0 Å². The number of morpholine rings is 1. The van der Waals surface area contributed by atoms with E-state index < -0.39 is 0 Å². The number of hydrogen-bond acceptors (Lipinski definition) is 6. The Morgan fingerprint density at radius 1 is 1.24 bits per heavy atom. The van der Waals surface area contributed by atoms with E-state index in [2.05, 4.69) is 26.7 Å². The van der Waals surface area contributed by atoms with Crippen molar-refractivity contribution in [1.82, 2.24) is 14.9 Å². The van der Waals surface area contributed by atoms with E-state index in [1.54, 1.807) is 7.11 Å². The Bertz CT molecular complexity index is 491. The van der Waals surface area contributed by atoms with Crippen molar-refractivity contribution in [2.75, 3.05) is 44.9 Å². The monoisotopic (exact) mass is 292 g/mol. The van der Waals surface area contributed by atoms with Crippen LogP contribution < -0.4 is 9.64 Å². The van der Waals surface area contributed by atoms with Crippen LogP contribution in [0.3, 0.4) is 0 Å². The molecule has 0 unspecified atom stereocenters. The highest BCUT2D eigenvalue weighted by Crippen LogP contribution is 2.28. The maximum Gasteiger partial charge on any atom is 0.229 e. The first kappa shape index (κ1) is 14.5. The average molecular weight is 292 g/mol. The third-order valence-corrected chi connectivity index (χ3v) is 4.51. The molecule has 1 aromatic heterocycles. The lowest BCUT2D eigenvalue weighted by Crippen LogP contribution is -2.48. The zero-order chi connectivity index (χ0) is 14.8. The Labute approximate surface area is 126 Å².